The summed E-state index contributed by atoms with van der Waals surface area (Å²) in [6.45, 7) is 5.23. The van der Waals surface area contributed by atoms with E-state index < -0.39 is 0 Å². The first kappa shape index (κ1) is 16.1. The average molecular weight is 333 g/mol. The first-order valence-electron chi connectivity index (χ1n) is 8.77. The molecule has 2 aromatic carbocycles. The van der Waals surface area contributed by atoms with Crippen LogP contribution in [0.2, 0.25) is 0 Å². The van der Waals surface area contributed by atoms with Crippen molar-refractivity contribution in [3.8, 4) is 11.3 Å². The van der Waals surface area contributed by atoms with E-state index in [1.807, 2.05) is 18.2 Å². The lowest BCUT2D eigenvalue weighted by atomic mass is 10.1. The molecule has 0 amide bonds. The van der Waals surface area contributed by atoms with Gasteiger partial charge in [-0.05, 0) is 12.5 Å². The topological polar surface area (TPSA) is 39.1 Å². The van der Waals surface area contributed by atoms with E-state index in [4.69, 9.17) is 9.72 Å². The molecule has 1 aliphatic heterocycles. The van der Waals surface area contributed by atoms with Crippen LogP contribution in [-0.2, 0) is 24.4 Å². The molecule has 0 saturated carbocycles. The molecule has 4 rings (SSSR count). The van der Waals surface area contributed by atoms with Gasteiger partial charge in [-0.15, -0.1) is 0 Å². The summed E-state index contributed by atoms with van der Waals surface area (Å²) >= 11 is 0. The Labute approximate surface area is 148 Å². The molecule has 0 fully saturated rings. The Morgan fingerprint density at radius 1 is 1.12 bits per heavy atom. The van der Waals surface area contributed by atoms with Gasteiger partial charge in [-0.25, -0.2) is 4.98 Å². The number of nitrogens with zero attached hydrogens (tertiary/aromatic N) is 2. The van der Waals surface area contributed by atoms with Crippen LogP contribution in [0.3, 0.4) is 0 Å². The van der Waals surface area contributed by atoms with Crippen LogP contribution in [0.15, 0.2) is 60.8 Å². The van der Waals surface area contributed by atoms with Gasteiger partial charge in [0.2, 0.25) is 0 Å². The molecule has 4 heteroatoms. The van der Waals surface area contributed by atoms with E-state index >= 15 is 0 Å². The highest BCUT2D eigenvalue weighted by molar-refractivity contribution is 5.58. The standard InChI is InChI=1S/C21H23N3O/c1-16-7-9-17(10-8-16)11-22-12-19-13-24-14-20(23-21(24)15-25-19)18-5-3-2-4-6-18/h2-10,14,19,22H,11-13,15H2,1H3/t19-/m0/s1. The number of hydrogen-bond donors (Lipinski definition) is 1. The number of aromatic nitrogens is 2. The summed E-state index contributed by atoms with van der Waals surface area (Å²) in [6.07, 6.45) is 2.32. The summed E-state index contributed by atoms with van der Waals surface area (Å²) in [7, 11) is 0. The fraction of sp³-hybridized carbons (Fsp3) is 0.286. The van der Waals surface area contributed by atoms with E-state index in [1.165, 1.54) is 11.1 Å². The Hall–Kier alpha value is -2.43. The van der Waals surface area contributed by atoms with Gasteiger partial charge >= 0.3 is 0 Å². The normalized spacial score (nSPS) is 16.6. The molecule has 0 aliphatic carbocycles. The van der Waals surface area contributed by atoms with Crippen molar-refractivity contribution in [3.63, 3.8) is 0 Å². The van der Waals surface area contributed by atoms with Crippen LogP contribution in [0.1, 0.15) is 17.0 Å². The third kappa shape index (κ3) is 3.81. The second kappa shape index (κ2) is 7.21. The molecule has 1 N–H and O–H groups in total. The van der Waals surface area contributed by atoms with Crippen molar-refractivity contribution in [3.05, 3.63) is 77.7 Å². The molecule has 2 heterocycles. The minimum Gasteiger partial charge on any atom is -0.367 e. The van der Waals surface area contributed by atoms with Gasteiger partial charge < -0.3 is 14.6 Å². The minimum atomic E-state index is 0.177. The van der Waals surface area contributed by atoms with Gasteiger partial charge in [0.25, 0.3) is 0 Å². The van der Waals surface area contributed by atoms with Crippen LogP contribution in [0, 0.1) is 6.92 Å². The largest absolute Gasteiger partial charge is 0.367 e. The van der Waals surface area contributed by atoms with Crippen molar-refractivity contribution in [2.24, 2.45) is 0 Å². The maximum atomic E-state index is 5.96. The molecular weight excluding hydrogens is 310 g/mol. The predicted molar refractivity (Wildman–Crippen MR) is 99.1 cm³/mol. The zero-order chi connectivity index (χ0) is 17.1. The lowest BCUT2D eigenvalue weighted by Crippen LogP contribution is -2.35. The summed E-state index contributed by atoms with van der Waals surface area (Å²) in [5.41, 5.74) is 4.77. The molecule has 0 radical (unpaired) electrons. The molecule has 1 aromatic heterocycles. The van der Waals surface area contributed by atoms with Crippen molar-refractivity contribution < 1.29 is 4.74 Å². The molecule has 3 aromatic rings. The summed E-state index contributed by atoms with van der Waals surface area (Å²) in [4.78, 5) is 4.71. The Kier molecular flexibility index (Phi) is 4.63. The lowest BCUT2D eigenvalue weighted by Gasteiger charge is -2.24. The van der Waals surface area contributed by atoms with Crippen LogP contribution in [0.25, 0.3) is 11.3 Å². The molecule has 4 nitrogen and oxygen atoms in total. The molecule has 1 atom stereocenters. The molecular formula is C21H23N3O. The Morgan fingerprint density at radius 3 is 2.72 bits per heavy atom. The van der Waals surface area contributed by atoms with Crippen LogP contribution >= 0.6 is 0 Å². The number of nitrogens with one attached hydrogen (secondary N) is 1. The maximum Gasteiger partial charge on any atom is 0.135 e. The van der Waals surface area contributed by atoms with E-state index in [0.29, 0.717) is 6.61 Å². The third-order valence-corrected chi connectivity index (χ3v) is 4.60. The third-order valence-electron chi connectivity index (χ3n) is 4.60. The molecule has 128 valence electrons. The van der Waals surface area contributed by atoms with Gasteiger partial charge in [-0.2, -0.15) is 0 Å². The number of aryl methyl sites for hydroxylation is 1. The maximum absolute atomic E-state index is 5.96. The second-order valence-electron chi connectivity index (χ2n) is 6.61. The monoisotopic (exact) mass is 333 g/mol. The van der Waals surface area contributed by atoms with Crippen LogP contribution in [0.5, 0.6) is 0 Å². The van der Waals surface area contributed by atoms with Crippen molar-refractivity contribution in [1.82, 2.24) is 14.9 Å². The number of benzene rings is 2. The fourth-order valence-corrected chi connectivity index (χ4v) is 3.15. The average Bonchev–Trinajstić information content (AvgIpc) is 3.07. The van der Waals surface area contributed by atoms with Crippen molar-refractivity contribution in [1.29, 1.82) is 0 Å². The molecule has 1 aliphatic rings. The van der Waals surface area contributed by atoms with Gasteiger partial charge in [0.15, 0.2) is 0 Å². The highest BCUT2D eigenvalue weighted by Gasteiger charge is 2.20. The SMILES string of the molecule is Cc1ccc(CNC[C@H]2Cn3cc(-c4ccccc4)nc3CO2)cc1. The zero-order valence-electron chi connectivity index (χ0n) is 14.5. The number of fused-ring (bicyclic) bond motifs is 1. The zero-order valence-corrected chi connectivity index (χ0v) is 14.5. The lowest BCUT2D eigenvalue weighted by molar-refractivity contribution is 0.00278. The van der Waals surface area contributed by atoms with E-state index in [2.05, 4.69) is 59.4 Å². The summed E-state index contributed by atoms with van der Waals surface area (Å²) < 4.78 is 8.19. The smallest absolute Gasteiger partial charge is 0.135 e. The Balaban J connectivity index is 1.35. The number of rotatable bonds is 5. The van der Waals surface area contributed by atoms with Crippen molar-refractivity contribution >= 4 is 0 Å². The molecule has 0 saturated heterocycles. The summed E-state index contributed by atoms with van der Waals surface area (Å²) in [6, 6.07) is 18.9. The van der Waals surface area contributed by atoms with E-state index in [1.54, 1.807) is 0 Å². The highest BCUT2D eigenvalue weighted by Crippen LogP contribution is 2.21. The molecule has 0 bridgehead atoms. The van der Waals surface area contributed by atoms with Crippen LogP contribution < -0.4 is 5.32 Å². The van der Waals surface area contributed by atoms with E-state index in [-0.39, 0.29) is 6.10 Å². The first-order chi connectivity index (χ1) is 12.3. The van der Waals surface area contributed by atoms with Gasteiger partial charge in [-0.1, -0.05) is 60.2 Å². The quantitative estimate of drug-likeness (QED) is 0.776. The first-order valence-corrected chi connectivity index (χ1v) is 8.77. The Morgan fingerprint density at radius 2 is 1.92 bits per heavy atom. The van der Waals surface area contributed by atoms with E-state index in [9.17, 15) is 0 Å². The van der Waals surface area contributed by atoms with Crippen molar-refractivity contribution in [2.45, 2.75) is 32.7 Å². The highest BCUT2D eigenvalue weighted by atomic mass is 16.5. The van der Waals surface area contributed by atoms with Gasteiger partial charge in [0.05, 0.1) is 18.3 Å². The fourth-order valence-electron chi connectivity index (χ4n) is 3.15. The summed E-state index contributed by atoms with van der Waals surface area (Å²) in [5, 5.41) is 3.50. The second-order valence-corrected chi connectivity index (χ2v) is 6.61. The summed E-state index contributed by atoms with van der Waals surface area (Å²) in [5.74, 6) is 1.01. The Bertz CT molecular complexity index is 824. The minimum absolute atomic E-state index is 0.177. The van der Waals surface area contributed by atoms with Gasteiger partial charge in [0, 0.05) is 24.8 Å². The molecule has 0 spiro atoms. The van der Waals surface area contributed by atoms with E-state index in [0.717, 1.165) is 36.7 Å². The van der Waals surface area contributed by atoms with Gasteiger partial charge in [-0.3, -0.25) is 0 Å². The number of ether oxygens (including phenoxy) is 1. The molecule has 0 unspecified atom stereocenters. The van der Waals surface area contributed by atoms with Crippen LogP contribution in [-0.4, -0.2) is 22.2 Å². The molecule has 25 heavy (non-hydrogen) atoms. The predicted octanol–water partition coefficient (Wildman–Crippen LogP) is 3.55. The van der Waals surface area contributed by atoms with Crippen molar-refractivity contribution in [2.75, 3.05) is 6.54 Å². The van der Waals surface area contributed by atoms with Crippen LogP contribution in [0.4, 0.5) is 0 Å². The number of hydrogen-bond acceptors (Lipinski definition) is 3. The van der Waals surface area contributed by atoms with Gasteiger partial charge in [0.1, 0.15) is 12.4 Å². The number of imidazole rings is 1.